The van der Waals surface area contributed by atoms with Gasteiger partial charge in [-0.05, 0) is 36.1 Å². The third-order valence-electron chi connectivity index (χ3n) is 2.96. The normalized spacial score (nSPS) is 25.0. The van der Waals surface area contributed by atoms with E-state index < -0.39 is 0 Å². The number of benzene rings is 1. The van der Waals surface area contributed by atoms with Gasteiger partial charge < -0.3 is 11.5 Å². The van der Waals surface area contributed by atoms with Crippen LogP contribution >= 0.6 is 0 Å². The van der Waals surface area contributed by atoms with Gasteiger partial charge in [0.1, 0.15) is 0 Å². The van der Waals surface area contributed by atoms with Gasteiger partial charge in [0.15, 0.2) is 0 Å². The number of anilines is 1. The minimum absolute atomic E-state index is 0.0579. The van der Waals surface area contributed by atoms with Crippen LogP contribution in [0.3, 0.4) is 0 Å². The largest absolute Gasteiger partial charge is 0.399 e. The first kappa shape index (κ1) is 9.46. The standard InChI is InChI=1S/C11H15FN2/c12-4-3-10-9-2-1-8(13)5-7(9)6-11(10)14/h1-2,5,10-11H,3-4,6,13-14H2. The molecule has 0 heterocycles. The van der Waals surface area contributed by atoms with Crippen LogP contribution in [0.4, 0.5) is 10.1 Å². The van der Waals surface area contributed by atoms with Crippen molar-refractivity contribution in [2.45, 2.75) is 24.8 Å². The summed E-state index contributed by atoms with van der Waals surface area (Å²) in [5.74, 6) is 0.176. The lowest BCUT2D eigenvalue weighted by Crippen LogP contribution is -2.25. The summed E-state index contributed by atoms with van der Waals surface area (Å²) in [4.78, 5) is 0. The molecular weight excluding hydrogens is 179 g/mol. The van der Waals surface area contributed by atoms with E-state index in [0.717, 1.165) is 12.1 Å². The summed E-state index contributed by atoms with van der Waals surface area (Å²) >= 11 is 0. The van der Waals surface area contributed by atoms with E-state index in [1.54, 1.807) is 0 Å². The van der Waals surface area contributed by atoms with Crippen LogP contribution in [0.15, 0.2) is 18.2 Å². The molecule has 2 unspecified atom stereocenters. The van der Waals surface area contributed by atoms with E-state index in [2.05, 4.69) is 0 Å². The first-order chi connectivity index (χ1) is 6.72. The summed E-state index contributed by atoms with van der Waals surface area (Å²) in [6, 6.07) is 5.86. The zero-order valence-corrected chi connectivity index (χ0v) is 8.04. The van der Waals surface area contributed by atoms with Gasteiger partial charge in [-0.1, -0.05) is 6.07 Å². The lowest BCUT2D eigenvalue weighted by Gasteiger charge is -2.14. The van der Waals surface area contributed by atoms with Gasteiger partial charge in [-0.3, -0.25) is 4.39 Å². The molecular formula is C11H15FN2. The zero-order chi connectivity index (χ0) is 10.1. The molecule has 1 aliphatic carbocycles. The van der Waals surface area contributed by atoms with Crippen LogP contribution in [0.1, 0.15) is 23.5 Å². The van der Waals surface area contributed by atoms with E-state index in [-0.39, 0.29) is 18.6 Å². The van der Waals surface area contributed by atoms with Crippen molar-refractivity contribution in [1.29, 1.82) is 0 Å². The molecule has 3 heteroatoms. The molecule has 1 aromatic carbocycles. The van der Waals surface area contributed by atoms with Crippen LogP contribution in [0.25, 0.3) is 0 Å². The number of fused-ring (bicyclic) bond motifs is 1. The van der Waals surface area contributed by atoms with Crippen molar-refractivity contribution in [3.05, 3.63) is 29.3 Å². The molecule has 14 heavy (non-hydrogen) atoms. The molecule has 0 bridgehead atoms. The molecule has 1 aromatic rings. The Balaban J connectivity index is 2.33. The van der Waals surface area contributed by atoms with Gasteiger partial charge in [-0.2, -0.15) is 0 Å². The van der Waals surface area contributed by atoms with Gasteiger partial charge in [0, 0.05) is 17.6 Å². The van der Waals surface area contributed by atoms with Crippen LogP contribution in [-0.2, 0) is 6.42 Å². The predicted octanol–water partition coefficient (Wildman–Crippen LogP) is 1.60. The van der Waals surface area contributed by atoms with E-state index in [4.69, 9.17) is 11.5 Å². The number of hydrogen-bond donors (Lipinski definition) is 2. The van der Waals surface area contributed by atoms with E-state index in [9.17, 15) is 4.39 Å². The van der Waals surface area contributed by atoms with E-state index in [0.29, 0.717) is 6.42 Å². The average molecular weight is 194 g/mol. The van der Waals surface area contributed by atoms with Crippen molar-refractivity contribution < 1.29 is 4.39 Å². The Kier molecular flexibility index (Phi) is 2.42. The fraction of sp³-hybridized carbons (Fsp3) is 0.455. The highest BCUT2D eigenvalue weighted by molar-refractivity contribution is 5.49. The first-order valence-electron chi connectivity index (χ1n) is 4.92. The number of rotatable bonds is 2. The molecule has 1 aliphatic rings. The van der Waals surface area contributed by atoms with Crippen LogP contribution in [0.2, 0.25) is 0 Å². The van der Waals surface area contributed by atoms with Crippen molar-refractivity contribution in [3.8, 4) is 0 Å². The average Bonchev–Trinajstić information content (AvgIpc) is 2.43. The molecule has 2 atom stereocenters. The summed E-state index contributed by atoms with van der Waals surface area (Å²) in [6.07, 6.45) is 1.35. The van der Waals surface area contributed by atoms with Gasteiger partial charge in [0.2, 0.25) is 0 Å². The molecule has 0 spiro atoms. The molecule has 0 radical (unpaired) electrons. The third-order valence-corrected chi connectivity index (χ3v) is 2.96. The smallest absolute Gasteiger partial charge is 0.0900 e. The number of hydrogen-bond acceptors (Lipinski definition) is 2. The molecule has 0 saturated carbocycles. The maximum Gasteiger partial charge on any atom is 0.0900 e. The second kappa shape index (κ2) is 3.58. The number of nitrogens with two attached hydrogens (primary N) is 2. The summed E-state index contributed by atoms with van der Waals surface area (Å²) in [5, 5.41) is 0. The zero-order valence-electron chi connectivity index (χ0n) is 8.04. The van der Waals surface area contributed by atoms with Crippen LogP contribution in [0.5, 0.6) is 0 Å². The fourth-order valence-electron chi connectivity index (χ4n) is 2.28. The third kappa shape index (κ3) is 1.48. The summed E-state index contributed by atoms with van der Waals surface area (Å²) in [6.45, 7) is -0.303. The Bertz CT molecular complexity index is 338. The van der Waals surface area contributed by atoms with Gasteiger partial charge in [-0.25, -0.2) is 0 Å². The number of nitrogen functional groups attached to an aromatic ring is 1. The maximum atomic E-state index is 12.3. The van der Waals surface area contributed by atoms with Crippen LogP contribution in [0, 0.1) is 0 Å². The Hall–Kier alpha value is -1.09. The molecule has 0 fully saturated rings. The molecule has 4 N–H and O–H groups in total. The Labute approximate surface area is 83.1 Å². The van der Waals surface area contributed by atoms with Gasteiger partial charge in [0.25, 0.3) is 0 Å². The van der Waals surface area contributed by atoms with Crippen LogP contribution in [-0.4, -0.2) is 12.7 Å². The number of alkyl halides is 1. The lowest BCUT2D eigenvalue weighted by molar-refractivity contribution is 0.417. The van der Waals surface area contributed by atoms with Crippen molar-refractivity contribution in [1.82, 2.24) is 0 Å². The van der Waals surface area contributed by atoms with Gasteiger partial charge in [0.05, 0.1) is 6.67 Å². The fourth-order valence-corrected chi connectivity index (χ4v) is 2.28. The maximum absolute atomic E-state index is 12.3. The molecule has 0 aromatic heterocycles. The highest BCUT2D eigenvalue weighted by Crippen LogP contribution is 2.35. The lowest BCUT2D eigenvalue weighted by atomic mass is 9.96. The van der Waals surface area contributed by atoms with Gasteiger partial charge in [-0.15, -0.1) is 0 Å². The topological polar surface area (TPSA) is 52.0 Å². The van der Waals surface area contributed by atoms with Crippen LogP contribution < -0.4 is 11.5 Å². The highest BCUT2D eigenvalue weighted by Gasteiger charge is 2.29. The van der Waals surface area contributed by atoms with Crippen molar-refractivity contribution >= 4 is 5.69 Å². The van der Waals surface area contributed by atoms with Gasteiger partial charge >= 0.3 is 0 Å². The second-order valence-electron chi connectivity index (χ2n) is 3.91. The quantitative estimate of drug-likeness (QED) is 0.702. The number of halogens is 1. The van der Waals surface area contributed by atoms with E-state index in [1.807, 2.05) is 18.2 Å². The minimum atomic E-state index is -0.303. The van der Waals surface area contributed by atoms with E-state index in [1.165, 1.54) is 11.1 Å². The molecule has 0 aliphatic heterocycles. The first-order valence-corrected chi connectivity index (χ1v) is 4.92. The monoisotopic (exact) mass is 194 g/mol. The SMILES string of the molecule is Nc1ccc2c(c1)CC(N)C2CCF. The molecule has 2 nitrogen and oxygen atoms in total. The molecule has 0 amide bonds. The van der Waals surface area contributed by atoms with Crippen molar-refractivity contribution in [2.24, 2.45) is 5.73 Å². The summed E-state index contributed by atoms with van der Waals surface area (Å²) in [7, 11) is 0. The minimum Gasteiger partial charge on any atom is -0.399 e. The van der Waals surface area contributed by atoms with Crippen molar-refractivity contribution in [3.63, 3.8) is 0 Å². The Morgan fingerprint density at radius 2 is 2.21 bits per heavy atom. The Morgan fingerprint density at radius 1 is 1.43 bits per heavy atom. The summed E-state index contributed by atoms with van der Waals surface area (Å²) < 4.78 is 12.3. The molecule has 76 valence electrons. The Morgan fingerprint density at radius 3 is 2.93 bits per heavy atom. The molecule has 0 saturated heterocycles. The highest BCUT2D eigenvalue weighted by atomic mass is 19.1. The second-order valence-corrected chi connectivity index (χ2v) is 3.91. The van der Waals surface area contributed by atoms with E-state index >= 15 is 0 Å². The molecule has 2 rings (SSSR count). The predicted molar refractivity (Wildman–Crippen MR) is 55.9 cm³/mol. The van der Waals surface area contributed by atoms with Crippen molar-refractivity contribution in [2.75, 3.05) is 12.4 Å². The summed E-state index contributed by atoms with van der Waals surface area (Å²) in [5.41, 5.74) is 14.8.